The van der Waals surface area contributed by atoms with Gasteiger partial charge in [-0.2, -0.15) is 0 Å². The summed E-state index contributed by atoms with van der Waals surface area (Å²) in [6.45, 7) is 3.88. The van der Waals surface area contributed by atoms with Crippen LogP contribution in [-0.2, 0) is 6.42 Å². The quantitative estimate of drug-likeness (QED) is 0.133. The van der Waals surface area contributed by atoms with E-state index in [9.17, 15) is 25.3 Å². The average Bonchev–Trinajstić information content (AvgIpc) is 2.88. The number of non-ortho nitro benzene ring substituents is 2. The lowest BCUT2D eigenvalue weighted by Gasteiger charge is -2.42. The number of aryl methyl sites for hydroxylation is 1. The molecule has 36 heavy (non-hydrogen) atoms. The highest BCUT2D eigenvalue weighted by molar-refractivity contribution is 5.87. The molecule has 0 spiro atoms. The van der Waals surface area contributed by atoms with Gasteiger partial charge in [-0.15, -0.1) is 6.58 Å². The Morgan fingerprint density at radius 3 is 2.36 bits per heavy atom. The molecular weight excluding hydrogens is 464 g/mol. The van der Waals surface area contributed by atoms with Crippen LogP contribution in [0.15, 0.2) is 79.3 Å². The number of aliphatic hydroxyl groups excluding tert-OH is 1. The Hall–Kier alpha value is -4.48. The molecular formula is C25H26N6O5. The summed E-state index contributed by atoms with van der Waals surface area (Å²) in [5.41, 5.74) is 0.983. The largest absolute Gasteiger partial charge is 0.512 e. The summed E-state index contributed by atoms with van der Waals surface area (Å²) in [6.07, 6.45) is 4.79. The molecule has 0 saturated carbocycles. The van der Waals surface area contributed by atoms with Crippen molar-refractivity contribution in [2.45, 2.75) is 25.3 Å². The van der Waals surface area contributed by atoms with Crippen LogP contribution in [0.2, 0.25) is 0 Å². The Labute approximate surface area is 206 Å². The van der Waals surface area contributed by atoms with Crippen molar-refractivity contribution >= 4 is 27.8 Å². The molecule has 5 N–H and O–H groups in total. The zero-order valence-electron chi connectivity index (χ0n) is 19.4. The summed E-state index contributed by atoms with van der Waals surface area (Å²) >= 11 is 0. The Balaban J connectivity index is 1.82. The van der Waals surface area contributed by atoms with Gasteiger partial charge in [-0.3, -0.25) is 30.2 Å². The Morgan fingerprint density at radius 1 is 1.08 bits per heavy atom. The third-order valence-corrected chi connectivity index (χ3v) is 6.57. The smallest absolute Gasteiger partial charge is 0.278 e. The SMILES string of the molecule is C=CCC1CCc2ccc3ccccc3c2C1N(N)C(=CO)N(N)c1cc([N+](=O)[O-])cc([N+](=O)[O-])c1. The number of fused-ring (bicyclic) bond motifs is 3. The van der Waals surface area contributed by atoms with E-state index in [1.807, 2.05) is 30.3 Å². The number of nitrogens with two attached hydrogens (primary N) is 2. The van der Waals surface area contributed by atoms with E-state index >= 15 is 0 Å². The van der Waals surface area contributed by atoms with E-state index in [1.54, 1.807) is 0 Å². The number of hydrogen-bond donors (Lipinski definition) is 3. The summed E-state index contributed by atoms with van der Waals surface area (Å²) in [4.78, 5) is 21.2. The lowest BCUT2D eigenvalue weighted by atomic mass is 9.76. The third-order valence-electron chi connectivity index (χ3n) is 6.57. The highest BCUT2D eigenvalue weighted by Gasteiger charge is 2.36. The first-order valence-corrected chi connectivity index (χ1v) is 11.2. The molecule has 3 aromatic rings. The minimum atomic E-state index is -0.753. The van der Waals surface area contributed by atoms with Crippen LogP contribution >= 0.6 is 0 Å². The van der Waals surface area contributed by atoms with Gasteiger partial charge < -0.3 is 5.11 Å². The maximum absolute atomic E-state index is 11.4. The van der Waals surface area contributed by atoms with E-state index in [4.69, 9.17) is 11.7 Å². The molecule has 0 radical (unpaired) electrons. The van der Waals surface area contributed by atoms with Gasteiger partial charge in [0.15, 0.2) is 5.82 Å². The topological polar surface area (TPSA) is 165 Å². The predicted octanol–water partition coefficient (Wildman–Crippen LogP) is 4.75. The van der Waals surface area contributed by atoms with E-state index in [2.05, 4.69) is 18.7 Å². The van der Waals surface area contributed by atoms with Gasteiger partial charge in [-0.25, -0.2) is 11.7 Å². The molecule has 2 atom stereocenters. The molecule has 1 aliphatic carbocycles. The summed E-state index contributed by atoms with van der Waals surface area (Å²) < 4.78 is 0. The standard InChI is InChI=1S/C25H26N6O5/c1-2-5-18-11-10-17-9-8-16-6-3-4-7-22(16)24(17)25(18)29(27)23(15-32)28(26)19-12-20(30(33)34)14-21(13-19)31(35)36/h2-4,6-9,12-15,18,25,32H,1,5,10-11,26-27H2. The second-order valence-corrected chi connectivity index (χ2v) is 8.61. The molecule has 0 aliphatic heterocycles. The molecule has 0 fully saturated rings. The van der Waals surface area contributed by atoms with E-state index in [-0.39, 0.29) is 17.4 Å². The van der Waals surface area contributed by atoms with Gasteiger partial charge in [-0.05, 0) is 47.1 Å². The molecule has 186 valence electrons. The lowest BCUT2D eigenvalue weighted by Crippen LogP contribution is -2.48. The number of aliphatic hydroxyl groups is 1. The van der Waals surface area contributed by atoms with Crippen LogP contribution in [0.25, 0.3) is 10.8 Å². The van der Waals surface area contributed by atoms with Crippen molar-refractivity contribution < 1.29 is 15.0 Å². The summed E-state index contributed by atoms with van der Waals surface area (Å²) in [5.74, 6) is 12.8. The van der Waals surface area contributed by atoms with Crippen molar-refractivity contribution in [1.82, 2.24) is 5.01 Å². The minimum Gasteiger partial charge on any atom is -0.512 e. The second kappa shape index (κ2) is 10.0. The number of rotatable bonds is 8. The number of nitro benzene ring substituents is 2. The molecule has 0 heterocycles. The van der Waals surface area contributed by atoms with E-state index in [0.717, 1.165) is 57.9 Å². The van der Waals surface area contributed by atoms with Gasteiger partial charge >= 0.3 is 0 Å². The van der Waals surface area contributed by atoms with E-state index < -0.39 is 27.3 Å². The molecule has 0 saturated heterocycles. The van der Waals surface area contributed by atoms with Crippen molar-refractivity contribution in [3.63, 3.8) is 0 Å². The van der Waals surface area contributed by atoms with Gasteiger partial charge in [-0.1, -0.05) is 42.5 Å². The number of nitro groups is 2. The molecule has 11 nitrogen and oxygen atoms in total. The number of anilines is 1. The van der Waals surface area contributed by atoms with Crippen LogP contribution in [0.3, 0.4) is 0 Å². The highest BCUT2D eigenvalue weighted by Crippen LogP contribution is 2.44. The van der Waals surface area contributed by atoms with Gasteiger partial charge in [0.2, 0.25) is 0 Å². The van der Waals surface area contributed by atoms with Crippen molar-refractivity contribution in [3.8, 4) is 0 Å². The first kappa shape index (κ1) is 24.6. The Morgan fingerprint density at radius 2 is 1.75 bits per heavy atom. The van der Waals surface area contributed by atoms with Crippen molar-refractivity contribution in [2.75, 3.05) is 5.01 Å². The third kappa shape index (κ3) is 4.44. The fourth-order valence-corrected chi connectivity index (χ4v) is 4.93. The fraction of sp³-hybridized carbons (Fsp3) is 0.200. The molecule has 0 aromatic heterocycles. The average molecular weight is 491 g/mol. The molecule has 11 heteroatoms. The monoisotopic (exact) mass is 490 g/mol. The predicted molar refractivity (Wildman–Crippen MR) is 136 cm³/mol. The zero-order chi connectivity index (χ0) is 26.0. The molecule has 1 aliphatic rings. The van der Waals surface area contributed by atoms with Crippen molar-refractivity contribution in [3.05, 3.63) is 111 Å². The highest BCUT2D eigenvalue weighted by atomic mass is 16.6. The second-order valence-electron chi connectivity index (χ2n) is 8.61. The number of hydrogen-bond acceptors (Lipinski definition) is 9. The van der Waals surface area contributed by atoms with Crippen LogP contribution in [0, 0.1) is 26.1 Å². The first-order chi connectivity index (χ1) is 17.3. The lowest BCUT2D eigenvalue weighted by molar-refractivity contribution is -0.394. The first-order valence-electron chi connectivity index (χ1n) is 11.2. The molecule has 0 bridgehead atoms. The van der Waals surface area contributed by atoms with Crippen LogP contribution in [-0.4, -0.2) is 20.0 Å². The van der Waals surface area contributed by atoms with Crippen molar-refractivity contribution in [2.24, 2.45) is 17.6 Å². The molecule has 0 amide bonds. The normalized spacial score (nSPS) is 17.3. The van der Waals surface area contributed by atoms with Crippen LogP contribution < -0.4 is 16.7 Å². The van der Waals surface area contributed by atoms with Gasteiger partial charge in [0.05, 0.1) is 27.6 Å². The van der Waals surface area contributed by atoms with Gasteiger partial charge in [0.25, 0.3) is 11.4 Å². The van der Waals surface area contributed by atoms with Crippen LogP contribution in [0.5, 0.6) is 0 Å². The Bertz CT molecular complexity index is 1340. The minimum absolute atomic E-state index is 0.0219. The van der Waals surface area contributed by atoms with Gasteiger partial charge in [0, 0.05) is 12.1 Å². The number of hydrazine groups is 2. The molecule has 4 rings (SSSR count). The van der Waals surface area contributed by atoms with Crippen molar-refractivity contribution in [1.29, 1.82) is 0 Å². The number of nitrogens with zero attached hydrogens (tertiary/aromatic N) is 4. The fourth-order valence-electron chi connectivity index (χ4n) is 4.93. The summed E-state index contributed by atoms with van der Waals surface area (Å²) in [6, 6.07) is 14.6. The zero-order valence-corrected chi connectivity index (χ0v) is 19.4. The van der Waals surface area contributed by atoms with E-state index in [0.29, 0.717) is 12.7 Å². The summed E-state index contributed by atoms with van der Waals surface area (Å²) in [7, 11) is 0. The number of allylic oxidation sites excluding steroid dienone is 1. The van der Waals surface area contributed by atoms with Crippen LogP contribution in [0.1, 0.15) is 30.0 Å². The van der Waals surface area contributed by atoms with Crippen LogP contribution in [0.4, 0.5) is 17.1 Å². The molecule has 3 aromatic carbocycles. The maximum Gasteiger partial charge on any atom is 0.278 e. The van der Waals surface area contributed by atoms with Gasteiger partial charge in [0.1, 0.15) is 6.26 Å². The number of benzene rings is 3. The van der Waals surface area contributed by atoms with E-state index in [1.165, 1.54) is 5.01 Å². The summed E-state index contributed by atoms with van der Waals surface area (Å²) in [5, 5.41) is 37.2. The molecule has 2 unspecified atom stereocenters. The Kier molecular flexibility index (Phi) is 6.86. The maximum atomic E-state index is 11.4.